The third kappa shape index (κ3) is 4.47. The number of hydrogen-bond acceptors (Lipinski definition) is 5. The second-order valence-corrected chi connectivity index (χ2v) is 6.36. The van der Waals surface area contributed by atoms with Gasteiger partial charge in [0.05, 0.1) is 12.7 Å². The van der Waals surface area contributed by atoms with Gasteiger partial charge in [-0.2, -0.15) is 0 Å². The van der Waals surface area contributed by atoms with Crippen LogP contribution < -0.4 is 14.8 Å². The van der Waals surface area contributed by atoms with Crippen molar-refractivity contribution in [1.82, 2.24) is 5.16 Å². The van der Waals surface area contributed by atoms with Gasteiger partial charge in [0.15, 0.2) is 5.69 Å². The van der Waals surface area contributed by atoms with Crippen LogP contribution in [-0.4, -0.2) is 18.2 Å². The van der Waals surface area contributed by atoms with Gasteiger partial charge in [0, 0.05) is 5.69 Å². The van der Waals surface area contributed by atoms with Crippen LogP contribution in [-0.2, 0) is 6.61 Å². The second kappa shape index (κ2) is 7.95. The highest BCUT2D eigenvalue weighted by Gasteiger charge is 2.20. The largest absolute Gasteiger partial charge is 0.497 e. The van der Waals surface area contributed by atoms with Gasteiger partial charge < -0.3 is 19.3 Å². The van der Waals surface area contributed by atoms with Crippen molar-refractivity contribution in [2.75, 3.05) is 12.4 Å². The highest BCUT2D eigenvalue weighted by atomic mass is 16.5. The Balaban J connectivity index is 1.73. The first kappa shape index (κ1) is 18.5. The zero-order valence-electron chi connectivity index (χ0n) is 15.8. The van der Waals surface area contributed by atoms with Gasteiger partial charge in [0.25, 0.3) is 5.91 Å². The van der Waals surface area contributed by atoms with Gasteiger partial charge in [-0.1, -0.05) is 11.2 Å². The maximum absolute atomic E-state index is 12.6. The Bertz CT molecular complexity index is 925. The van der Waals surface area contributed by atoms with Crippen molar-refractivity contribution >= 4 is 11.6 Å². The lowest BCUT2D eigenvalue weighted by Crippen LogP contribution is -2.15. The second-order valence-electron chi connectivity index (χ2n) is 6.36. The summed E-state index contributed by atoms with van der Waals surface area (Å²) in [5.74, 6) is 1.66. The molecule has 140 valence electrons. The molecule has 0 bridgehead atoms. The van der Waals surface area contributed by atoms with E-state index in [4.69, 9.17) is 14.0 Å². The van der Waals surface area contributed by atoms with E-state index in [0.717, 1.165) is 16.9 Å². The fourth-order valence-corrected chi connectivity index (χ4v) is 2.78. The minimum atomic E-state index is -0.351. The number of nitrogens with one attached hydrogen (secondary N) is 1. The average Bonchev–Trinajstić information content (AvgIpc) is 3.00. The topological polar surface area (TPSA) is 73.6 Å². The van der Waals surface area contributed by atoms with Crippen LogP contribution in [0.15, 0.2) is 47.0 Å². The first-order chi connectivity index (χ1) is 13.0. The van der Waals surface area contributed by atoms with Crippen molar-refractivity contribution < 1.29 is 18.8 Å². The Morgan fingerprint density at radius 2 is 1.70 bits per heavy atom. The van der Waals surface area contributed by atoms with E-state index < -0.39 is 0 Å². The summed E-state index contributed by atoms with van der Waals surface area (Å²) < 4.78 is 16.2. The Morgan fingerprint density at radius 1 is 1.04 bits per heavy atom. The number of rotatable bonds is 6. The van der Waals surface area contributed by atoms with E-state index in [1.54, 1.807) is 38.3 Å². The number of amides is 1. The van der Waals surface area contributed by atoms with Crippen LogP contribution in [0.2, 0.25) is 0 Å². The predicted molar refractivity (Wildman–Crippen MR) is 102 cm³/mol. The molecule has 6 nitrogen and oxygen atoms in total. The van der Waals surface area contributed by atoms with Crippen LogP contribution in [0.5, 0.6) is 11.5 Å². The molecule has 27 heavy (non-hydrogen) atoms. The molecule has 0 fully saturated rings. The van der Waals surface area contributed by atoms with Crippen molar-refractivity contribution in [3.8, 4) is 11.5 Å². The lowest BCUT2D eigenvalue weighted by molar-refractivity contribution is 0.101. The number of nitrogens with zero attached hydrogens (tertiary/aromatic N) is 1. The Morgan fingerprint density at radius 3 is 2.33 bits per heavy atom. The van der Waals surface area contributed by atoms with Gasteiger partial charge in [-0.3, -0.25) is 4.79 Å². The first-order valence-electron chi connectivity index (χ1n) is 8.58. The fraction of sp³-hybridized carbons (Fsp3) is 0.238. The SMILES string of the molecule is COc1ccc(NC(=O)c2noc(C)c2COc2cc(C)cc(C)c2)cc1. The highest BCUT2D eigenvalue weighted by molar-refractivity contribution is 6.03. The summed E-state index contributed by atoms with van der Waals surface area (Å²) in [7, 11) is 1.59. The van der Waals surface area contributed by atoms with E-state index in [9.17, 15) is 4.79 Å². The highest BCUT2D eigenvalue weighted by Crippen LogP contribution is 2.22. The summed E-state index contributed by atoms with van der Waals surface area (Å²) in [6, 6.07) is 13.0. The minimum absolute atomic E-state index is 0.198. The smallest absolute Gasteiger partial charge is 0.278 e. The number of carbonyl (C=O) groups is 1. The van der Waals surface area contributed by atoms with E-state index in [2.05, 4.69) is 16.5 Å². The summed E-state index contributed by atoms with van der Waals surface area (Å²) in [5.41, 5.74) is 3.71. The molecule has 6 heteroatoms. The molecule has 1 aromatic heterocycles. The molecule has 0 unspecified atom stereocenters. The molecule has 0 radical (unpaired) electrons. The van der Waals surface area contributed by atoms with E-state index in [0.29, 0.717) is 22.8 Å². The van der Waals surface area contributed by atoms with E-state index in [1.807, 2.05) is 26.0 Å². The van der Waals surface area contributed by atoms with Gasteiger partial charge in [-0.15, -0.1) is 0 Å². The summed E-state index contributed by atoms with van der Waals surface area (Å²) in [4.78, 5) is 12.6. The molecule has 0 aliphatic heterocycles. The van der Waals surface area contributed by atoms with Crippen LogP contribution in [0.25, 0.3) is 0 Å². The minimum Gasteiger partial charge on any atom is -0.497 e. The molecule has 0 saturated carbocycles. The van der Waals surface area contributed by atoms with Crippen molar-refractivity contribution in [2.45, 2.75) is 27.4 Å². The third-order valence-electron chi connectivity index (χ3n) is 4.13. The summed E-state index contributed by atoms with van der Waals surface area (Å²) in [5, 5.41) is 6.71. The number of carbonyl (C=O) groups excluding carboxylic acids is 1. The molecule has 0 saturated heterocycles. The Labute approximate surface area is 158 Å². The zero-order valence-corrected chi connectivity index (χ0v) is 15.8. The molecular formula is C21H22N2O4. The molecule has 3 aromatic rings. The zero-order chi connectivity index (χ0) is 19.4. The van der Waals surface area contributed by atoms with E-state index in [-0.39, 0.29) is 18.2 Å². The number of methoxy groups -OCH3 is 1. The van der Waals surface area contributed by atoms with Gasteiger partial charge in [-0.25, -0.2) is 0 Å². The molecule has 1 amide bonds. The van der Waals surface area contributed by atoms with Crippen molar-refractivity contribution in [3.63, 3.8) is 0 Å². The number of benzene rings is 2. The molecule has 2 aromatic carbocycles. The van der Waals surface area contributed by atoms with Crippen molar-refractivity contribution in [1.29, 1.82) is 0 Å². The number of aromatic nitrogens is 1. The standard InChI is InChI=1S/C21H22N2O4/c1-13-9-14(2)11-18(10-13)26-12-19-15(3)27-23-20(19)21(24)22-16-5-7-17(25-4)8-6-16/h5-11H,12H2,1-4H3,(H,22,24). The van der Waals surface area contributed by atoms with Gasteiger partial charge in [-0.05, 0) is 68.3 Å². The van der Waals surface area contributed by atoms with Crippen molar-refractivity contribution in [2.24, 2.45) is 0 Å². The maximum atomic E-state index is 12.6. The van der Waals surface area contributed by atoms with Gasteiger partial charge >= 0.3 is 0 Å². The summed E-state index contributed by atoms with van der Waals surface area (Å²) in [6.45, 7) is 5.98. The summed E-state index contributed by atoms with van der Waals surface area (Å²) in [6.07, 6.45) is 0. The Hall–Kier alpha value is -3.28. The number of ether oxygens (including phenoxy) is 2. The van der Waals surface area contributed by atoms with Crippen LogP contribution >= 0.6 is 0 Å². The molecule has 0 aliphatic rings. The van der Waals surface area contributed by atoms with E-state index in [1.165, 1.54) is 0 Å². The average molecular weight is 366 g/mol. The van der Waals surface area contributed by atoms with Crippen LogP contribution in [0.1, 0.15) is 32.9 Å². The first-order valence-corrected chi connectivity index (χ1v) is 8.58. The third-order valence-corrected chi connectivity index (χ3v) is 4.13. The number of anilines is 1. The normalized spacial score (nSPS) is 10.5. The molecular weight excluding hydrogens is 344 g/mol. The maximum Gasteiger partial charge on any atom is 0.278 e. The Kier molecular flexibility index (Phi) is 5.45. The summed E-state index contributed by atoms with van der Waals surface area (Å²) >= 11 is 0. The van der Waals surface area contributed by atoms with Crippen LogP contribution in [0, 0.1) is 20.8 Å². The molecule has 3 rings (SSSR count). The molecule has 0 spiro atoms. The van der Waals surface area contributed by atoms with Crippen LogP contribution in [0.4, 0.5) is 5.69 Å². The number of aryl methyl sites for hydroxylation is 3. The lowest BCUT2D eigenvalue weighted by atomic mass is 10.1. The predicted octanol–water partition coefficient (Wildman–Crippen LogP) is 4.44. The quantitative estimate of drug-likeness (QED) is 0.698. The molecule has 1 N–H and O–H groups in total. The van der Waals surface area contributed by atoms with E-state index >= 15 is 0 Å². The fourth-order valence-electron chi connectivity index (χ4n) is 2.78. The number of hydrogen-bond donors (Lipinski definition) is 1. The molecule has 0 atom stereocenters. The van der Waals surface area contributed by atoms with Gasteiger partial charge in [0.2, 0.25) is 0 Å². The monoisotopic (exact) mass is 366 g/mol. The van der Waals surface area contributed by atoms with Crippen molar-refractivity contribution in [3.05, 3.63) is 70.6 Å². The molecule has 0 aliphatic carbocycles. The van der Waals surface area contributed by atoms with Crippen LogP contribution in [0.3, 0.4) is 0 Å². The van der Waals surface area contributed by atoms with Gasteiger partial charge in [0.1, 0.15) is 23.9 Å². The molecule has 1 heterocycles. The lowest BCUT2D eigenvalue weighted by Gasteiger charge is -2.09.